The van der Waals surface area contributed by atoms with Crippen molar-refractivity contribution in [3.05, 3.63) is 175 Å². The maximum absolute atomic E-state index is 14.0. The van der Waals surface area contributed by atoms with Gasteiger partial charge in [0.2, 0.25) is 0 Å². The SMILES string of the molecule is Fc1ccc(-c2c(-c3ccc(-n4c5ccccc5c5c4ccc4c6ccccc6n(-c6ccccc6)c45)cc3)nnn2-c2ccc(F)cc2)cc1. The monoisotopic (exact) mass is 663 g/mol. The molecule has 3 aromatic heterocycles. The Labute approximate surface area is 290 Å². The number of benzene rings is 7. The molecule has 0 radical (unpaired) electrons. The van der Waals surface area contributed by atoms with E-state index in [-0.39, 0.29) is 11.6 Å². The van der Waals surface area contributed by atoms with Crippen LogP contribution in [0.25, 0.3) is 83.2 Å². The summed E-state index contributed by atoms with van der Waals surface area (Å²) in [7, 11) is 0. The van der Waals surface area contributed by atoms with Crippen molar-refractivity contribution < 1.29 is 8.78 Å². The van der Waals surface area contributed by atoms with Gasteiger partial charge in [-0.15, -0.1) is 5.10 Å². The fraction of sp³-hybridized carbons (Fsp3) is 0. The van der Waals surface area contributed by atoms with E-state index in [9.17, 15) is 8.78 Å². The lowest BCUT2D eigenvalue weighted by Crippen LogP contribution is -2.00. The van der Waals surface area contributed by atoms with Crippen molar-refractivity contribution in [2.24, 2.45) is 0 Å². The first-order valence-electron chi connectivity index (χ1n) is 16.7. The molecule has 10 aromatic rings. The van der Waals surface area contributed by atoms with Crippen LogP contribution in [0.4, 0.5) is 8.78 Å². The van der Waals surface area contributed by atoms with Gasteiger partial charge in [-0.25, -0.2) is 13.5 Å². The Hall–Kier alpha value is -6.86. The highest BCUT2D eigenvalue weighted by Gasteiger charge is 2.22. The van der Waals surface area contributed by atoms with E-state index < -0.39 is 0 Å². The standard InChI is InChI=1S/C44H27F2N5/c45-30-18-14-29(15-19-30)43-42(47-48-51(43)34-24-20-31(46)21-25-34)28-16-22-33(23-17-28)49-39-13-7-5-11-37(39)41-40(49)27-26-36-35-10-4-6-12-38(35)50(44(36)41)32-8-2-1-3-9-32/h1-27H. The van der Waals surface area contributed by atoms with Gasteiger partial charge in [0, 0.05) is 44.0 Å². The van der Waals surface area contributed by atoms with Gasteiger partial charge in [-0.3, -0.25) is 0 Å². The summed E-state index contributed by atoms with van der Waals surface area (Å²) in [5.74, 6) is -0.677. The molecule has 10 rings (SSSR count). The number of fused-ring (bicyclic) bond motifs is 7. The Kier molecular flexibility index (Phi) is 6.48. The minimum atomic E-state index is -0.342. The molecule has 0 saturated heterocycles. The fourth-order valence-corrected chi connectivity index (χ4v) is 7.51. The smallest absolute Gasteiger partial charge is 0.123 e. The largest absolute Gasteiger partial charge is 0.309 e. The maximum Gasteiger partial charge on any atom is 0.123 e. The third kappa shape index (κ3) is 4.52. The number of hydrogen-bond acceptors (Lipinski definition) is 2. The molecule has 0 atom stereocenters. The van der Waals surface area contributed by atoms with Crippen molar-refractivity contribution in [2.45, 2.75) is 0 Å². The second-order valence-electron chi connectivity index (χ2n) is 12.6. The molecule has 0 saturated carbocycles. The van der Waals surface area contributed by atoms with Crippen LogP contribution in [-0.4, -0.2) is 24.1 Å². The molecule has 0 aliphatic heterocycles. The van der Waals surface area contributed by atoms with E-state index in [4.69, 9.17) is 0 Å². The molecule has 0 aliphatic rings. The van der Waals surface area contributed by atoms with E-state index in [1.807, 2.05) is 12.1 Å². The Balaban J connectivity index is 1.18. The van der Waals surface area contributed by atoms with Gasteiger partial charge in [0.05, 0.1) is 27.8 Å². The molecule has 0 amide bonds. The number of para-hydroxylation sites is 3. The number of hydrogen-bond donors (Lipinski definition) is 0. The van der Waals surface area contributed by atoms with Crippen LogP contribution in [-0.2, 0) is 0 Å². The minimum absolute atomic E-state index is 0.335. The van der Waals surface area contributed by atoms with Crippen LogP contribution in [0, 0.1) is 11.6 Å². The van der Waals surface area contributed by atoms with Gasteiger partial charge in [-0.2, -0.15) is 0 Å². The highest BCUT2D eigenvalue weighted by atomic mass is 19.1. The third-order valence-corrected chi connectivity index (χ3v) is 9.74. The average molecular weight is 664 g/mol. The predicted octanol–water partition coefficient (Wildman–Crippen LogP) is 11.1. The molecule has 0 spiro atoms. The number of aromatic nitrogens is 5. The number of nitrogens with zero attached hydrogens (tertiary/aromatic N) is 5. The molecule has 7 aromatic carbocycles. The van der Waals surface area contributed by atoms with E-state index in [1.54, 1.807) is 28.9 Å². The van der Waals surface area contributed by atoms with Crippen LogP contribution in [0.2, 0.25) is 0 Å². The molecule has 7 heteroatoms. The first-order valence-corrected chi connectivity index (χ1v) is 16.7. The summed E-state index contributed by atoms with van der Waals surface area (Å²) in [4.78, 5) is 0. The third-order valence-electron chi connectivity index (χ3n) is 9.74. The normalized spacial score (nSPS) is 11.7. The van der Waals surface area contributed by atoms with E-state index in [0.717, 1.165) is 39.1 Å². The minimum Gasteiger partial charge on any atom is -0.309 e. The van der Waals surface area contributed by atoms with Gasteiger partial charge < -0.3 is 9.13 Å². The van der Waals surface area contributed by atoms with Crippen LogP contribution < -0.4 is 0 Å². The summed E-state index contributed by atoms with van der Waals surface area (Å²) in [5, 5.41) is 13.8. The zero-order valence-electron chi connectivity index (χ0n) is 27.1. The van der Waals surface area contributed by atoms with Gasteiger partial charge >= 0.3 is 0 Å². The van der Waals surface area contributed by atoms with Crippen LogP contribution in [0.15, 0.2) is 164 Å². The summed E-state index contributed by atoms with van der Waals surface area (Å²) in [6.45, 7) is 0. The zero-order chi connectivity index (χ0) is 34.1. The Morgan fingerprint density at radius 1 is 0.412 bits per heavy atom. The zero-order valence-corrected chi connectivity index (χ0v) is 27.1. The number of halogens is 2. The van der Waals surface area contributed by atoms with E-state index in [2.05, 4.69) is 123 Å². The van der Waals surface area contributed by atoms with Gasteiger partial charge in [0.1, 0.15) is 23.0 Å². The summed E-state index contributed by atoms with van der Waals surface area (Å²) in [5.41, 5.74) is 10.2. The first-order chi connectivity index (χ1) is 25.1. The fourth-order valence-electron chi connectivity index (χ4n) is 7.51. The van der Waals surface area contributed by atoms with Crippen molar-refractivity contribution in [2.75, 3.05) is 0 Å². The quantitative estimate of drug-likeness (QED) is 0.184. The van der Waals surface area contributed by atoms with E-state index in [0.29, 0.717) is 17.1 Å². The maximum atomic E-state index is 14.0. The predicted molar refractivity (Wildman–Crippen MR) is 201 cm³/mol. The second kappa shape index (κ2) is 11.4. The molecule has 0 fully saturated rings. The molecule has 5 nitrogen and oxygen atoms in total. The first kappa shape index (κ1) is 29.1. The van der Waals surface area contributed by atoms with Crippen LogP contribution in [0.5, 0.6) is 0 Å². The summed E-state index contributed by atoms with van der Waals surface area (Å²) in [6.07, 6.45) is 0. The Morgan fingerprint density at radius 3 is 1.71 bits per heavy atom. The molecule has 0 N–H and O–H groups in total. The molecular formula is C44H27F2N5. The van der Waals surface area contributed by atoms with Gasteiger partial charge in [-0.05, 0) is 91.0 Å². The lowest BCUT2D eigenvalue weighted by molar-refractivity contribution is 0.626. The van der Waals surface area contributed by atoms with Crippen molar-refractivity contribution >= 4 is 43.6 Å². The van der Waals surface area contributed by atoms with Crippen molar-refractivity contribution in [3.63, 3.8) is 0 Å². The lowest BCUT2D eigenvalue weighted by atomic mass is 10.0. The van der Waals surface area contributed by atoms with Crippen LogP contribution >= 0.6 is 0 Å². The summed E-state index contributed by atoms with van der Waals surface area (Å²) >= 11 is 0. The highest BCUT2D eigenvalue weighted by molar-refractivity contribution is 6.26. The summed E-state index contributed by atoms with van der Waals surface area (Å²) < 4.78 is 34.2. The Bertz CT molecular complexity index is 2900. The lowest BCUT2D eigenvalue weighted by Gasteiger charge is -2.11. The van der Waals surface area contributed by atoms with Gasteiger partial charge in [0.15, 0.2) is 0 Å². The average Bonchev–Trinajstić information content (AvgIpc) is 3.87. The van der Waals surface area contributed by atoms with E-state index >= 15 is 0 Å². The van der Waals surface area contributed by atoms with Crippen LogP contribution in [0.3, 0.4) is 0 Å². The second-order valence-corrected chi connectivity index (χ2v) is 12.6. The molecule has 3 heterocycles. The topological polar surface area (TPSA) is 40.6 Å². The highest BCUT2D eigenvalue weighted by Crippen LogP contribution is 2.42. The molecule has 242 valence electrons. The van der Waals surface area contributed by atoms with Gasteiger partial charge in [-0.1, -0.05) is 78.0 Å². The number of rotatable bonds is 5. The molecular weight excluding hydrogens is 637 g/mol. The molecule has 0 aliphatic carbocycles. The molecule has 51 heavy (non-hydrogen) atoms. The van der Waals surface area contributed by atoms with Crippen LogP contribution in [0.1, 0.15) is 0 Å². The van der Waals surface area contributed by atoms with Crippen molar-refractivity contribution in [1.29, 1.82) is 0 Å². The molecule has 0 unspecified atom stereocenters. The summed E-state index contributed by atoms with van der Waals surface area (Å²) in [6, 6.07) is 52.8. The Morgan fingerprint density at radius 2 is 0.980 bits per heavy atom. The van der Waals surface area contributed by atoms with Crippen molar-refractivity contribution in [3.8, 4) is 39.6 Å². The molecule has 0 bridgehead atoms. The van der Waals surface area contributed by atoms with Crippen molar-refractivity contribution in [1.82, 2.24) is 24.1 Å². The van der Waals surface area contributed by atoms with E-state index in [1.165, 1.54) is 51.3 Å². The van der Waals surface area contributed by atoms with Gasteiger partial charge in [0.25, 0.3) is 0 Å².